The van der Waals surface area contributed by atoms with Crippen LogP contribution in [0.2, 0.25) is 0 Å². The van der Waals surface area contributed by atoms with Crippen molar-refractivity contribution in [3.63, 3.8) is 0 Å². The number of rotatable bonds is 10. The standard InChI is InChI=1S/C23H36N4O3S/c1-6-11-31-21(8-3)22-24-13-19(23(29)30-5)20(25-22)15-26-9-10-27(16-28)18(14-26)12-17(4)7-2/h6,8,11,16-18H,7,9-10,12-15H2,1-5H3,(H,24,25)/b11-6-,21-8+/t17?,18-/m1/s1. The number of esters is 1. The van der Waals surface area contributed by atoms with Crippen LogP contribution in [0.1, 0.15) is 40.5 Å². The Kier molecular flexibility index (Phi) is 10.3. The molecule has 1 unspecified atom stereocenters. The van der Waals surface area contributed by atoms with Gasteiger partial charge in [0.2, 0.25) is 6.41 Å². The SMILES string of the molecule is C/C=C\S/C(=C/C)C1=NCC(C(=O)OC)=C(CN2CCN(C=O)[C@H](CC(C)CC)C2)N1. The monoisotopic (exact) mass is 448 g/mol. The van der Waals surface area contributed by atoms with Crippen molar-refractivity contribution >= 4 is 30.0 Å². The number of carbonyl (C=O) groups is 2. The number of hydrogen-bond donors (Lipinski definition) is 1. The molecule has 2 aliphatic rings. The molecule has 2 rings (SSSR count). The van der Waals surface area contributed by atoms with Gasteiger partial charge in [-0.2, -0.15) is 0 Å². The molecule has 0 radical (unpaired) electrons. The quantitative estimate of drug-likeness (QED) is 0.409. The van der Waals surface area contributed by atoms with Gasteiger partial charge in [-0.1, -0.05) is 44.2 Å². The van der Waals surface area contributed by atoms with E-state index in [1.54, 1.807) is 11.8 Å². The Hall–Kier alpha value is -2.06. The van der Waals surface area contributed by atoms with Crippen molar-refractivity contribution in [1.82, 2.24) is 15.1 Å². The molecular formula is C23H36N4O3S. The average Bonchev–Trinajstić information content (AvgIpc) is 2.79. The van der Waals surface area contributed by atoms with E-state index in [9.17, 15) is 9.59 Å². The molecule has 7 nitrogen and oxygen atoms in total. The van der Waals surface area contributed by atoms with E-state index < -0.39 is 0 Å². The highest BCUT2D eigenvalue weighted by Gasteiger charge is 2.30. The van der Waals surface area contributed by atoms with Gasteiger partial charge in [-0.05, 0) is 31.6 Å². The van der Waals surface area contributed by atoms with Crippen LogP contribution in [0.4, 0.5) is 0 Å². The maximum Gasteiger partial charge on any atom is 0.337 e. The van der Waals surface area contributed by atoms with Crippen LogP contribution in [0.25, 0.3) is 0 Å². The smallest absolute Gasteiger partial charge is 0.337 e. The second-order valence-electron chi connectivity index (χ2n) is 7.96. The van der Waals surface area contributed by atoms with Crippen molar-refractivity contribution in [2.45, 2.75) is 46.6 Å². The third-order valence-electron chi connectivity index (χ3n) is 5.79. The normalized spacial score (nSPS) is 21.7. The summed E-state index contributed by atoms with van der Waals surface area (Å²) < 4.78 is 5.01. The molecule has 0 aromatic rings. The number of piperazine rings is 1. The molecule has 2 heterocycles. The van der Waals surface area contributed by atoms with Crippen molar-refractivity contribution in [2.24, 2.45) is 10.9 Å². The Labute approximate surface area is 190 Å². The number of amidine groups is 1. The molecule has 0 bridgehead atoms. The van der Waals surface area contributed by atoms with E-state index in [0.29, 0.717) is 31.1 Å². The fourth-order valence-electron chi connectivity index (χ4n) is 3.78. The molecule has 31 heavy (non-hydrogen) atoms. The second-order valence-corrected chi connectivity index (χ2v) is 8.91. The minimum atomic E-state index is -0.351. The summed E-state index contributed by atoms with van der Waals surface area (Å²) in [6.07, 6.45) is 7.06. The minimum absolute atomic E-state index is 0.191. The molecule has 2 aliphatic heterocycles. The van der Waals surface area contributed by atoms with Crippen molar-refractivity contribution < 1.29 is 14.3 Å². The highest BCUT2D eigenvalue weighted by Crippen LogP contribution is 2.23. The Bertz CT molecular complexity index is 760. The number of methoxy groups -OCH3 is 1. The zero-order chi connectivity index (χ0) is 22.8. The number of nitrogens with zero attached hydrogens (tertiary/aromatic N) is 3. The summed E-state index contributed by atoms with van der Waals surface area (Å²) in [5.41, 5.74) is 1.40. The van der Waals surface area contributed by atoms with E-state index in [0.717, 1.165) is 48.8 Å². The Morgan fingerprint density at radius 1 is 1.39 bits per heavy atom. The van der Waals surface area contributed by atoms with Gasteiger partial charge in [0.1, 0.15) is 5.84 Å². The first kappa shape index (κ1) is 25.2. The molecule has 1 N–H and O–H groups in total. The second kappa shape index (κ2) is 12.7. The molecule has 1 saturated heterocycles. The molecule has 172 valence electrons. The fourth-order valence-corrected chi connectivity index (χ4v) is 4.43. The van der Waals surface area contributed by atoms with Crippen LogP contribution in [0.5, 0.6) is 0 Å². The number of carbonyl (C=O) groups excluding carboxylic acids is 2. The molecule has 0 saturated carbocycles. The topological polar surface area (TPSA) is 74.2 Å². The number of hydrogen-bond acceptors (Lipinski definition) is 7. The highest BCUT2D eigenvalue weighted by atomic mass is 32.2. The summed E-state index contributed by atoms with van der Waals surface area (Å²) in [5.74, 6) is 0.983. The lowest BCUT2D eigenvalue weighted by Crippen LogP contribution is -2.54. The molecule has 8 heteroatoms. The van der Waals surface area contributed by atoms with Crippen LogP contribution in [0, 0.1) is 5.92 Å². The van der Waals surface area contributed by atoms with Gasteiger partial charge in [0.25, 0.3) is 0 Å². The van der Waals surface area contributed by atoms with Crippen LogP contribution in [-0.2, 0) is 14.3 Å². The molecule has 0 spiro atoms. The van der Waals surface area contributed by atoms with Crippen molar-refractivity contribution in [3.8, 4) is 0 Å². The number of amides is 1. The Balaban J connectivity index is 2.18. The summed E-state index contributed by atoms with van der Waals surface area (Å²) in [6.45, 7) is 11.5. The van der Waals surface area contributed by atoms with E-state index in [1.807, 2.05) is 36.3 Å². The van der Waals surface area contributed by atoms with Crippen molar-refractivity contribution in [3.05, 3.63) is 33.7 Å². The molecule has 0 aliphatic carbocycles. The van der Waals surface area contributed by atoms with E-state index in [4.69, 9.17) is 4.74 Å². The summed E-state index contributed by atoms with van der Waals surface area (Å²) in [4.78, 5) is 33.8. The van der Waals surface area contributed by atoms with Gasteiger partial charge in [-0.15, -0.1) is 0 Å². The van der Waals surface area contributed by atoms with E-state index in [1.165, 1.54) is 7.11 Å². The molecule has 0 aromatic carbocycles. The van der Waals surface area contributed by atoms with Gasteiger partial charge in [0.15, 0.2) is 0 Å². The first-order chi connectivity index (χ1) is 15.0. The van der Waals surface area contributed by atoms with Gasteiger partial charge in [0, 0.05) is 42.8 Å². The van der Waals surface area contributed by atoms with Gasteiger partial charge < -0.3 is 15.0 Å². The van der Waals surface area contributed by atoms with E-state index in [-0.39, 0.29) is 12.0 Å². The molecule has 1 fully saturated rings. The number of allylic oxidation sites excluding steroid dienone is 2. The van der Waals surface area contributed by atoms with Gasteiger partial charge >= 0.3 is 5.97 Å². The third-order valence-corrected chi connectivity index (χ3v) is 6.88. The lowest BCUT2D eigenvalue weighted by atomic mass is 9.96. The maximum atomic E-state index is 12.4. The van der Waals surface area contributed by atoms with E-state index in [2.05, 4.69) is 29.1 Å². The van der Waals surface area contributed by atoms with Crippen LogP contribution < -0.4 is 5.32 Å². The lowest BCUT2D eigenvalue weighted by Gasteiger charge is -2.41. The zero-order valence-corrected chi connectivity index (χ0v) is 20.2. The fraction of sp³-hybridized carbons (Fsp3) is 0.609. The van der Waals surface area contributed by atoms with Crippen LogP contribution in [0.15, 0.2) is 38.7 Å². The average molecular weight is 449 g/mol. The first-order valence-corrected chi connectivity index (χ1v) is 11.8. The minimum Gasteiger partial charge on any atom is -0.466 e. The summed E-state index contributed by atoms with van der Waals surface area (Å²) >= 11 is 1.59. The summed E-state index contributed by atoms with van der Waals surface area (Å²) in [5, 5.41) is 5.41. The van der Waals surface area contributed by atoms with E-state index >= 15 is 0 Å². The van der Waals surface area contributed by atoms with Crippen LogP contribution >= 0.6 is 11.8 Å². The largest absolute Gasteiger partial charge is 0.466 e. The van der Waals surface area contributed by atoms with Crippen molar-refractivity contribution in [2.75, 3.05) is 39.8 Å². The number of nitrogens with one attached hydrogen (secondary N) is 1. The first-order valence-electron chi connectivity index (χ1n) is 11.0. The molecule has 1 amide bonds. The molecule has 0 aromatic heterocycles. The Morgan fingerprint density at radius 2 is 2.16 bits per heavy atom. The summed E-state index contributed by atoms with van der Waals surface area (Å²) in [7, 11) is 1.40. The number of aliphatic imine (C=N–C) groups is 1. The molecule has 2 atom stereocenters. The van der Waals surface area contributed by atoms with Crippen molar-refractivity contribution in [1.29, 1.82) is 0 Å². The van der Waals surface area contributed by atoms with Gasteiger partial charge in [-0.3, -0.25) is 14.7 Å². The Morgan fingerprint density at radius 3 is 2.77 bits per heavy atom. The predicted octanol–water partition coefficient (Wildman–Crippen LogP) is 3.16. The number of ether oxygens (including phenoxy) is 1. The van der Waals surface area contributed by atoms with Crippen LogP contribution in [-0.4, -0.2) is 73.9 Å². The van der Waals surface area contributed by atoms with Gasteiger partial charge in [0.05, 0.1) is 19.2 Å². The maximum absolute atomic E-state index is 12.4. The summed E-state index contributed by atoms with van der Waals surface area (Å²) in [6, 6.07) is 0.191. The van der Waals surface area contributed by atoms with Gasteiger partial charge in [-0.25, -0.2) is 4.79 Å². The van der Waals surface area contributed by atoms with Crippen LogP contribution in [0.3, 0.4) is 0 Å². The predicted molar refractivity (Wildman–Crippen MR) is 128 cm³/mol. The lowest BCUT2D eigenvalue weighted by molar-refractivity contribution is -0.136. The zero-order valence-electron chi connectivity index (χ0n) is 19.4. The number of thioether (sulfide) groups is 1. The highest BCUT2D eigenvalue weighted by molar-refractivity contribution is 8.06. The third kappa shape index (κ3) is 6.97. The molecular weight excluding hydrogens is 412 g/mol.